The molecule has 1 fully saturated rings. The Labute approximate surface area is 113 Å². The highest BCUT2D eigenvalue weighted by atomic mass is 16.5. The van der Waals surface area contributed by atoms with E-state index in [0.717, 1.165) is 25.9 Å². The second kappa shape index (κ2) is 6.52. The predicted octanol–water partition coefficient (Wildman–Crippen LogP) is 1.82. The summed E-state index contributed by atoms with van der Waals surface area (Å²) in [6, 6.07) is 3.09. The van der Waals surface area contributed by atoms with E-state index in [9.17, 15) is 9.90 Å². The lowest BCUT2D eigenvalue weighted by Gasteiger charge is -2.32. The first-order valence-corrected chi connectivity index (χ1v) is 6.77. The number of aromatic hydroxyl groups is 1. The Hall–Kier alpha value is -1.62. The smallest absolute Gasteiger partial charge is 0.276 e. The molecule has 2 rings (SSSR count). The van der Waals surface area contributed by atoms with Crippen LogP contribution >= 0.6 is 0 Å². The number of pyridine rings is 1. The molecule has 1 aromatic rings. The number of carbonyl (C=O) groups excluding carboxylic acids is 1. The average molecular weight is 264 g/mol. The molecular weight excluding hydrogens is 244 g/mol. The summed E-state index contributed by atoms with van der Waals surface area (Å²) in [5.41, 5.74) is 0.124. The maximum Gasteiger partial charge on any atom is 0.276 e. The number of ether oxygens (including phenoxy) is 1. The highest BCUT2D eigenvalue weighted by Gasteiger charge is 2.26. The van der Waals surface area contributed by atoms with Gasteiger partial charge in [-0.2, -0.15) is 0 Å². The van der Waals surface area contributed by atoms with Crippen molar-refractivity contribution in [2.24, 2.45) is 0 Å². The molecule has 1 aliphatic rings. The van der Waals surface area contributed by atoms with Gasteiger partial charge in [-0.25, -0.2) is 4.98 Å². The maximum atomic E-state index is 12.3. The van der Waals surface area contributed by atoms with Gasteiger partial charge in [-0.15, -0.1) is 0 Å². The summed E-state index contributed by atoms with van der Waals surface area (Å²) in [5, 5.41) is 9.68. The van der Waals surface area contributed by atoms with E-state index in [4.69, 9.17) is 4.74 Å². The molecule has 2 heterocycles. The quantitative estimate of drug-likeness (QED) is 0.901. The van der Waals surface area contributed by atoms with E-state index in [1.807, 2.05) is 0 Å². The van der Waals surface area contributed by atoms with Crippen molar-refractivity contribution in [2.45, 2.75) is 32.3 Å². The van der Waals surface area contributed by atoms with Crippen molar-refractivity contribution >= 4 is 5.91 Å². The van der Waals surface area contributed by atoms with E-state index in [1.165, 1.54) is 12.3 Å². The van der Waals surface area contributed by atoms with E-state index < -0.39 is 0 Å². The Balaban J connectivity index is 2.01. The van der Waals surface area contributed by atoms with Crippen LogP contribution in [0.15, 0.2) is 18.3 Å². The zero-order valence-electron chi connectivity index (χ0n) is 11.2. The molecule has 5 heteroatoms. The van der Waals surface area contributed by atoms with Gasteiger partial charge < -0.3 is 14.7 Å². The van der Waals surface area contributed by atoms with Crippen LogP contribution in [-0.2, 0) is 4.74 Å². The van der Waals surface area contributed by atoms with Crippen LogP contribution in [0.2, 0.25) is 0 Å². The van der Waals surface area contributed by atoms with Crippen LogP contribution in [0.25, 0.3) is 0 Å². The van der Waals surface area contributed by atoms with E-state index in [1.54, 1.807) is 11.0 Å². The maximum absolute atomic E-state index is 12.3. The van der Waals surface area contributed by atoms with Gasteiger partial charge in [0.25, 0.3) is 5.91 Å². The molecule has 0 aliphatic carbocycles. The normalized spacial score (nSPS) is 19.4. The van der Waals surface area contributed by atoms with Crippen LogP contribution in [0.1, 0.15) is 36.7 Å². The minimum absolute atomic E-state index is 0.0656. The number of aromatic nitrogens is 1. The molecule has 0 saturated carbocycles. The number of hydrogen-bond donors (Lipinski definition) is 1. The summed E-state index contributed by atoms with van der Waals surface area (Å²) >= 11 is 0. The third kappa shape index (κ3) is 3.44. The molecule has 0 aromatic carbocycles. The lowest BCUT2D eigenvalue weighted by atomic mass is 10.1. The standard InChI is InChI=1S/C14H20N2O3/c1-2-9-19-11-5-4-8-16(10-11)14(18)13-12(17)6-3-7-15-13/h3,6-7,11,17H,2,4-5,8-10H2,1H3/t11-/m1/s1. The topological polar surface area (TPSA) is 62.7 Å². The molecule has 1 aromatic heterocycles. The lowest BCUT2D eigenvalue weighted by molar-refractivity contribution is 0.00182. The molecule has 0 radical (unpaired) electrons. The minimum atomic E-state index is -0.220. The summed E-state index contributed by atoms with van der Waals surface area (Å²) < 4.78 is 5.70. The first-order chi connectivity index (χ1) is 9.22. The second-order valence-electron chi connectivity index (χ2n) is 4.76. The fraction of sp³-hybridized carbons (Fsp3) is 0.571. The number of carbonyl (C=O) groups is 1. The van der Waals surface area contributed by atoms with Gasteiger partial charge in [0, 0.05) is 25.9 Å². The fourth-order valence-corrected chi connectivity index (χ4v) is 2.25. The molecule has 0 spiro atoms. The van der Waals surface area contributed by atoms with Crippen LogP contribution < -0.4 is 0 Å². The summed E-state index contributed by atoms with van der Waals surface area (Å²) in [6.07, 6.45) is 4.50. The highest BCUT2D eigenvalue weighted by molar-refractivity contribution is 5.94. The first kappa shape index (κ1) is 13.8. The Morgan fingerprint density at radius 3 is 3.21 bits per heavy atom. The zero-order chi connectivity index (χ0) is 13.7. The van der Waals surface area contributed by atoms with Crippen LogP contribution in [0.4, 0.5) is 0 Å². The molecule has 0 unspecified atom stereocenters. The van der Waals surface area contributed by atoms with Gasteiger partial charge in [-0.1, -0.05) is 6.92 Å². The molecule has 1 N–H and O–H groups in total. The van der Waals surface area contributed by atoms with Crippen LogP contribution in [-0.4, -0.2) is 46.7 Å². The van der Waals surface area contributed by atoms with Gasteiger partial charge in [0.15, 0.2) is 5.69 Å². The first-order valence-electron chi connectivity index (χ1n) is 6.77. The number of rotatable bonds is 4. The van der Waals surface area contributed by atoms with Gasteiger partial charge in [-0.05, 0) is 31.4 Å². The molecule has 1 saturated heterocycles. The molecule has 1 atom stereocenters. The van der Waals surface area contributed by atoms with Gasteiger partial charge in [0.05, 0.1) is 6.10 Å². The second-order valence-corrected chi connectivity index (χ2v) is 4.76. The zero-order valence-corrected chi connectivity index (χ0v) is 11.2. The Kier molecular flexibility index (Phi) is 4.74. The Bertz CT molecular complexity index is 436. The number of hydrogen-bond acceptors (Lipinski definition) is 4. The van der Waals surface area contributed by atoms with Crippen LogP contribution in [0.5, 0.6) is 5.75 Å². The van der Waals surface area contributed by atoms with Crippen molar-refractivity contribution in [3.8, 4) is 5.75 Å². The van der Waals surface area contributed by atoms with Gasteiger partial charge in [0.1, 0.15) is 5.75 Å². The number of amides is 1. The predicted molar refractivity (Wildman–Crippen MR) is 71.1 cm³/mol. The summed E-state index contributed by atoms with van der Waals surface area (Å²) in [6.45, 7) is 4.06. The molecule has 0 bridgehead atoms. The third-order valence-electron chi connectivity index (χ3n) is 3.21. The largest absolute Gasteiger partial charge is 0.505 e. The number of likely N-dealkylation sites (tertiary alicyclic amines) is 1. The molecule has 104 valence electrons. The van der Waals surface area contributed by atoms with Gasteiger partial charge in [0.2, 0.25) is 0 Å². The summed E-state index contributed by atoms with van der Waals surface area (Å²) in [4.78, 5) is 18.0. The van der Waals surface area contributed by atoms with Crippen molar-refractivity contribution < 1.29 is 14.6 Å². The van der Waals surface area contributed by atoms with Crippen molar-refractivity contribution in [3.63, 3.8) is 0 Å². The van der Waals surface area contributed by atoms with Crippen LogP contribution in [0.3, 0.4) is 0 Å². The SMILES string of the molecule is CCCO[C@@H]1CCCN(C(=O)c2ncccc2O)C1. The Morgan fingerprint density at radius 2 is 2.47 bits per heavy atom. The molecular formula is C14H20N2O3. The number of piperidine rings is 1. The van der Waals surface area contributed by atoms with E-state index in [2.05, 4.69) is 11.9 Å². The van der Waals surface area contributed by atoms with E-state index in [0.29, 0.717) is 13.1 Å². The fourth-order valence-electron chi connectivity index (χ4n) is 2.25. The summed E-state index contributed by atoms with van der Waals surface area (Å²) in [5.74, 6) is -0.285. The van der Waals surface area contributed by atoms with Crippen molar-refractivity contribution in [3.05, 3.63) is 24.0 Å². The van der Waals surface area contributed by atoms with E-state index in [-0.39, 0.29) is 23.5 Å². The van der Waals surface area contributed by atoms with E-state index >= 15 is 0 Å². The van der Waals surface area contributed by atoms with Gasteiger partial charge in [-0.3, -0.25) is 4.79 Å². The number of nitrogens with zero attached hydrogens (tertiary/aromatic N) is 2. The van der Waals surface area contributed by atoms with Crippen molar-refractivity contribution in [1.82, 2.24) is 9.88 Å². The molecule has 1 amide bonds. The minimum Gasteiger partial charge on any atom is -0.505 e. The highest BCUT2D eigenvalue weighted by Crippen LogP contribution is 2.19. The van der Waals surface area contributed by atoms with Gasteiger partial charge >= 0.3 is 0 Å². The van der Waals surface area contributed by atoms with Crippen LogP contribution in [0, 0.1) is 0 Å². The third-order valence-corrected chi connectivity index (χ3v) is 3.21. The molecule has 1 aliphatic heterocycles. The average Bonchev–Trinajstić information content (AvgIpc) is 2.45. The monoisotopic (exact) mass is 264 g/mol. The summed E-state index contributed by atoms with van der Waals surface area (Å²) in [7, 11) is 0. The molecule has 5 nitrogen and oxygen atoms in total. The lowest BCUT2D eigenvalue weighted by Crippen LogP contribution is -2.43. The van der Waals surface area contributed by atoms with Crippen molar-refractivity contribution in [2.75, 3.05) is 19.7 Å². The molecule has 19 heavy (non-hydrogen) atoms. The van der Waals surface area contributed by atoms with Crippen molar-refractivity contribution in [1.29, 1.82) is 0 Å². The Morgan fingerprint density at radius 1 is 1.63 bits per heavy atom.